The summed E-state index contributed by atoms with van der Waals surface area (Å²) in [7, 11) is 0. The lowest BCUT2D eigenvalue weighted by molar-refractivity contribution is -0.117. The molecule has 0 radical (unpaired) electrons. The molecule has 1 aliphatic heterocycles. The Balaban J connectivity index is 2.74. The minimum Gasteiger partial charge on any atom is -0.470 e. The Hall–Kier alpha value is -0.210. The van der Waals surface area contributed by atoms with Gasteiger partial charge in [0.25, 0.3) is 0 Å². The molecule has 3 heteroatoms. The van der Waals surface area contributed by atoms with Gasteiger partial charge in [0.15, 0.2) is 6.79 Å². The number of rotatable bonds is 1. The lowest BCUT2D eigenvalue weighted by Crippen LogP contribution is -2.32. The first-order valence-electron chi connectivity index (χ1n) is 3.74. The first kappa shape index (κ1) is 8.88. The molecule has 0 spiro atoms. The second kappa shape index (κ2) is 3.46. The molecule has 0 aliphatic carbocycles. The van der Waals surface area contributed by atoms with Crippen molar-refractivity contribution < 1.29 is 9.47 Å². The van der Waals surface area contributed by atoms with Crippen LogP contribution in [0.2, 0.25) is 0 Å². The molecule has 0 aromatic rings. The zero-order valence-electron chi connectivity index (χ0n) is 6.89. The fourth-order valence-corrected chi connectivity index (χ4v) is 1.38. The van der Waals surface area contributed by atoms with Gasteiger partial charge in [-0.15, -0.1) is 0 Å². The fourth-order valence-electron chi connectivity index (χ4n) is 1.06. The molecule has 1 rings (SSSR count). The van der Waals surface area contributed by atoms with E-state index in [-0.39, 0.29) is 5.41 Å². The van der Waals surface area contributed by atoms with Crippen molar-refractivity contribution in [1.82, 2.24) is 0 Å². The van der Waals surface area contributed by atoms with Crippen LogP contribution in [0.1, 0.15) is 20.3 Å². The molecule has 1 aliphatic rings. The maximum Gasteiger partial charge on any atom is 0.188 e. The molecule has 1 atom stereocenters. The van der Waals surface area contributed by atoms with Crippen LogP contribution in [0.5, 0.6) is 0 Å². The van der Waals surface area contributed by atoms with Gasteiger partial charge in [0, 0.05) is 11.0 Å². The number of hydrogen-bond acceptors (Lipinski definition) is 2. The summed E-state index contributed by atoms with van der Waals surface area (Å²) in [6, 6.07) is 0. The number of ether oxygens (including phenoxy) is 2. The summed E-state index contributed by atoms with van der Waals surface area (Å²) >= 11 is 5.60. The van der Waals surface area contributed by atoms with Crippen LogP contribution in [0.4, 0.5) is 0 Å². The van der Waals surface area contributed by atoms with E-state index in [0.29, 0.717) is 13.4 Å². The second-order valence-electron chi connectivity index (χ2n) is 3.00. The van der Waals surface area contributed by atoms with E-state index in [1.165, 1.54) is 5.54 Å². The van der Waals surface area contributed by atoms with Gasteiger partial charge in [0.2, 0.25) is 0 Å². The largest absolute Gasteiger partial charge is 0.470 e. The second-order valence-corrected chi connectivity index (χ2v) is 3.22. The smallest absolute Gasteiger partial charge is 0.188 e. The zero-order valence-corrected chi connectivity index (χ0v) is 7.65. The van der Waals surface area contributed by atoms with E-state index in [1.807, 2.05) is 0 Å². The zero-order chi connectivity index (χ0) is 8.32. The molecule has 0 saturated carbocycles. The first-order valence-corrected chi connectivity index (χ1v) is 4.18. The van der Waals surface area contributed by atoms with Gasteiger partial charge >= 0.3 is 0 Å². The SMILES string of the molecule is CCC1(C)COCO/C1=C/Cl. The molecule has 1 unspecified atom stereocenters. The van der Waals surface area contributed by atoms with Crippen molar-refractivity contribution in [1.29, 1.82) is 0 Å². The highest BCUT2D eigenvalue weighted by molar-refractivity contribution is 6.25. The topological polar surface area (TPSA) is 18.5 Å². The van der Waals surface area contributed by atoms with Crippen LogP contribution in [0, 0.1) is 5.41 Å². The lowest BCUT2D eigenvalue weighted by atomic mass is 9.86. The number of halogens is 1. The van der Waals surface area contributed by atoms with Crippen LogP contribution >= 0.6 is 11.6 Å². The number of hydrogen-bond donors (Lipinski definition) is 0. The standard InChI is InChI=1S/C8H13ClO2/c1-3-8(2)5-10-6-11-7(8)4-9/h4H,3,5-6H2,1-2H3/b7-4+. The van der Waals surface area contributed by atoms with Gasteiger partial charge in [-0.3, -0.25) is 0 Å². The quantitative estimate of drug-likeness (QED) is 0.611. The van der Waals surface area contributed by atoms with E-state index < -0.39 is 0 Å². The van der Waals surface area contributed by atoms with Gasteiger partial charge in [0.05, 0.1) is 6.61 Å². The van der Waals surface area contributed by atoms with Crippen molar-refractivity contribution in [2.75, 3.05) is 13.4 Å². The minimum atomic E-state index is -0.0278. The Morgan fingerprint density at radius 1 is 1.73 bits per heavy atom. The molecule has 11 heavy (non-hydrogen) atoms. The van der Waals surface area contributed by atoms with E-state index in [2.05, 4.69) is 13.8 Å². The van der Waals surface area contributed by atoms with Crippen LogP contribution in [0.15, 0.2) is 11.3 Å². The predicted molar refractivity (Wildman–Crippen MR) is 44.2 cm³/mol. The van der Waals surface area contributed by atoms with E-state index in [1.54, 1.807) is 0 Å². The summed E-state index contributed by atoms with van der Waals surface area (Å²) in [6.07, 6.45) is 0.978. The fraction of sp³-hybridized carbons (Fsp3) is 0.750. The third kappa shape index (κ3) is 1.68. The van der Waals surface area contributed by atoms with Crippen LogP contribution in [0.3, 0.4) is 0 Å². The van der Waals surface area contributed by atoms with Gasteiger partial charge in [-0.05, 0) is 6.42 Å². The highest BCUT2D eigenvalue weighted by atomic mass is 35.5. The van der Waals surface area contributed by atoms with Crippen LogP contribution < -0.4 is 0 Å². The van der Waals surface area contributed by atoms with Crippen molar-refractivity contribution in [3.8, 4) is 0 Å². The van der Waals surface area contributed by atoms with Crippen molar-refractivity contribution in [2.24, 2.45) is 5.41 Å². The molecular weight excluding hydrogens is 164 g/mol. The van der Waals surface area contributed by atoms with E-state index in [0.717, 1.165) is 12.2 Å². The molecule has 1 saturated heterocycles. The molecule has 0 aromatic heterocycles. The summed E-state index contributed by atoms with van der Waals surface area (Å²) < 4.78 is 10.4. The molecular formula is C8H13ClO2. The van der Waals surface area contributed by atoms with Gasteiger partial charge in [-0.2, -0.15) is 0 Å². The summed E-state index contributed by atoms with van der Waals surface area (Å²) in [4.78, 5) is 0. The van der Waals surface area contributed by atoms with E-state index >= 15 is 0 Å². The third-order valence-corrected chi connectivity index (χ3v) is 2.39. The Kier molecular flexibility index (Phi) is 2.79. The van der Waals surface area contributed by atoms with Crippen molar-refractivity contribution in [3.05, 3.63) is 11.3 Å². The summed E-state index contributed by atoms with van der Waals surface area (Å²) in [5.41, 5.74) is 1.48. The van der Waals surface area contributed by atoms with Crippen LogP contribution in [-0.2, 0) is 9.47 Å². The molecule has 2 nitrogen and oxygen atoms in total. The Bertz CT molecular complexity index is 167. The van der Waals surface area contributed by atoms with Gasteiger partial charge in [-0.25, -0.2) is 0 Å². The van der Waals surface area contributed by atoms with Gasteiger partial charge in [-0.1, -0.05) is 25.4 Å². The molecule has 1 fully saturated rings. The highest BCUT2D eigenvalue weighted by Crippen LogP contribution is 2.35. The minimum absolute atomic E-state index is 0.0278. The summed E-state index contributed by atoms with van der Waals surface area (Å²) in [6.45, 7) is 5.20. The first-order chi connectivity index (χ1) is 5.23. The Labute approximate surface area is 72.1 Å². The average Bonchev–Trinajstić information content (AvgIpc) is 2.05. The predicted octanol–water partition coefficient (Wildman–Crippen LogP) is 2.49. The molecule has 64 valence electrons. The van der Waals surface area contributed by atoms with E-state index in [4.69, 9.17) is 21.1 Å². The molecule has 0 amide bonds. The maximum atomic E-state index is 5.60. The molecule has 0 N–H and O–H groups in total. The van der Waals surface area contributed by atoms with Gasteiger partial charge in [0.1, 0.15) is 5.76 Å². The summed E-state index contributed by atoms with van der Waals surface area (Å²) in [5, 5.41) is 0. The van der Waals surface area contributed by atoms with Gasteiger partial charge < -0.3 is 9.47 Å². The summed E-state index contributed by atoms with van der Waals surface area (Å²) in [5.74, 6) is 0.841. The van der Waals surface area contributed by atoms with Crippen molar-refractivity contribution in [3.63, 3.8) is 0 Å². The molecule has 0 bridgehead atoms. The normalized spacial score (nSPS) is 35.4. The highest BCUT2D eigenvalue weighted by Gasteiger charge is 2.32. The third-order valence-electron chi connectivity index (χ3n) is 2.19. The van der Waals surface area contributed by atoms with Crippen LogP contribution in [-0.4, -0.2) is 13.4 Å². The van der Waals surface area contributed by atoms with E-state index in [9.17, 15) is 0 Å². The van der Waals surface area contributed by atoms with Crippen molar-refractivity contribution in [2.45, 2.75) is 20.3 Å². The van der Waals surface area contributed by atoms with Crippen molar-refractivity contribution >= 4 is 11.6 Å². The molecule has 0 aromatic carbocycles. The maximum absolute atomic E-state index is 5.60. The monoisotopic (exact) mass is 176 g/mol. The Morgan fingerprint density at radius 3 is 2.91 bits per heavy atom. The van der Waals surface area contributed by atoms with Crippen LogP contribution in [0.25, 0.3) is 0 Å². The molecule has 1 heterocycles. The average molecular weight is 177 g/mol. The Morgan fingerprint density at radius 2 is 2.45 bits per heavy atom. The lowest BCUT2D eigenvalue weighted by Gasteiger charge is -2.34.